The maximum Gasteiger partial charge on any atom is 0.160 e. The molecule has 1 aromatic rings. The average Bonchev–Trinajstić information content (AvgIpc) is 3.07. The van der Waals surface area contributed by atoms with Crippen molar-refractivity contribution in [2.24, 2.45) is 5.41 Å². The van der Waals surface area contributed by atoms with Crippen LogP contribution in [0.1, 0.15) is 24.8 Å². The number of nitrogens with zero attached hydrogens (tertiary/aromatic N) is 3. The topological polar surface area (TPSA) is 78.9 Å². The third-order valence-electron chi connectivity index (χ3n) is 5.77. The summed E-state index contributed by atoms with van der Waals surface area (Å²) in [7, 11) is 0. The van der Waals surface area contributed by atoms with Gasteiger partial charge in [-0.25, -0.2) is 9.56 Å². The van der Waals surface area contributed by atoms with Gasteiger partial charge in [0.2, 0.25) is 0 Å². The van der Waals surface area contributed by atoms with Crippen LogP contribution in [0.2, 0.25) is 0 Å². The summed E-state index contributed by atoms with van der Waals surface area (Å²) < 4.78 is 2.58. The number of anilines is 1. The Hall–Kier alpha value is -2.08. The van der Waals surface area contributed by atoms with Gasteiger partial charge in [0.05, 0.1) is 18.8 Å². The van der Waals surface area contributed by atoms with Gasteiger partial charge in [0, 0.05) is 49.3 Å². The lowest BCUT2D eigenvalue weighted by molar-refractivity contribution is -0.531. The SMILES string of the molecule is N=CC(=N)c1cccnc1N1CC[N+](=C2CCC3(CNC3)C2)CC1. The van der Waals surface area contributed by atoms with Crippen molar-refractivity contribution in [3.8, 4) is 0 Å². The fraction of sp³-hybridized carbons (Fsp3) is 0.556. The van der Waals surface area contributed by atoms with Gasteiger partial charge in [0.25, 0.3) is 0 Å². The van der Waals surface area contributed by atoms with Crippen molar-refractivity contribution in [1.82, 2.24) is 10.3 Å². The minimum absolute atomic E-state index is 0.227. The molecule has 2 saturated heterocycles. The molecule has 6 heteroatoms. The van der Waals surface area contributed by atoms with Crippen molar-refractivity contribution in [3.05, 3.63) is 23.9 Å². The summed E-state index contributed by atoms with van der Waals surface area (Å²) in [6, 6.07) is 3.73. The zero-order chi connectivity index (χ0) is 16.6. The van der Waals surface area contributed by atoms with E-state index in [1.807, 2.05) is 12.1 Å². The van der Waals surface area contributed by atoms with E-state index >= 15 is 0 Å². The van der Waals surface area contributed by atoms with Crippen LogP contribution in [0.4, 0.5) is 5.82 Å². The molecular weight excluding hydrogens is 300 g/mol. The molecule has 0 amide bonds. The van der Waals surface area contributed by atoms with Gasteiger partial charge in [-0.05, 0) is 18.6 Å². The molecule has 3 N–H and O–H groups in total. The molecule has 2 aliphatic heterocycles. The standard InChI is InChI=1S/C18H25N6/c19-11-16(20)15-2-1-5-22-17(15)24-8-6-23(7-9-24)14-3-4-18(10-14)12-21-13-18/h1-2,5,11,19-21H,3-4,6-10,12-13H2/q+1. The average molecular weight is 325 g/mol. The lowest BCUT2D eigenvalue weighted by atomic mass is 9.80. The van der Waals surface area contributed by atoms with Gasteiger partial charge >= 0.3 is 0 Å². The van der Waals surface area contributed by atoms with Crippen molar-refractivity contribution in [2.45, 2.75) is 19.3 Å². The van der Waals surface area contributed by atoms with Crippen LogP contribution >= 0.6 is 0 Å². The summed E-state index contributed by atoms with van der Waals surface area (Å²) in [5, 5.41) is 18.7. The Labute approximate surface area is 142 Å². The molecule has 0 atom stereocenters. The smallest absolute Gasteiger partial charge is 0.160 e. The number of piperazine rings is 1. The van der Waals surface area contributed by atoms with Crippen molar-refractivity contribution in [3.63, 3.8) is 0 Å². The van der Waals surface area contributed by atoms with E-state index < -0.39 is 0 Å². The Morgan fingerprint density at radius 1 is 1.33 bits per heavy atom. The van der Waals surface area contributed by atoms with E-state index in [1.165, 1.54) is 32.4 Å². The molecule has 1 spiro atoms. The van der Waals surface area contributed by atoms with E-state index in [0.29, 0.717) is 5.41 Å². The zero-order valence-electron chi connectivity index (χ0n) is 14.0. The number of hydrogen-bond acceptors (Lipinski definition) is 5. The Balaban J connectivity index is 1.47. The van der Waals surface area contributed by atoms with Crippen LogP contribution in [0, 0.1) is 16.2 Å². The third kappa shape index (κ3) is 2.65. The summed E-state index contributed by atoms with van der Waals surface area (Å²) in [6.45, 7) is 6.33. The first-order valence-corrected chi connectivity index (χ1v) is 8.81. The number of pyridine rings is 1. The van der Waals surface area contributed by atoms with Crippen molar-refractivity contribution in [2.75, 3.05) is 44.2 Å². The molecule has 1 aliphatic carbocycles. The summed E-state index contributed by atoms with van der Waals surface area (Å²) in [5.74, 6) is 0.849. The molecule has 1 aromatic heterocycles. The molecule has 126 valence electrons. The summed E-state index contributed by atoms with van der Waals surface area (Å²) >= 11 is 0. The third-order valence-corrected chi connectivity index (χ3v) is 5.77. The van der Waals surface area contributed by atoms with Gasteiger partial charge in [-0.2, -0.15) is 0 Å². The van der Waals surface area contributed by atoms with Crippen molar-refractivity contribution < 1.29 is 4.58 Å². The highest BCUT2D eigenvalue weighted by atomic mass is 15.3. The maximum atomic E-state index is 7.95. The number of nitrogens with one attached hydrogen (secondary N) is 3. The highest BCUT2D eigenvalue weighted by Gasteiger charge is 2.45. The quantitative estimate of drug-likeness (QED) is 0.576. The monoisotopic (exact) mass is 325 g/mol. The van der Waals surface area contributed by atoms with Crippen LogP contribution in [0.25, 0.3) is 0 Å². The largest absolute Gasteiger partial charge is 0.343 e. The van der Waals surface area contributed by atoms with Gasteiger partial charge < -0.3 is 15.6 Å². The van der Waals surface area contributed by atoms with Gasteiger partial charge in [-0.3, -0.25) is 5.41 Å². The summed E-state index contributed by atoms with van der Waals surface area (Å²) in [6.07, 6.45) is 6.75. The lowest BCUT2D eigenvalue weighted by Gasteiger charge is -2.38. The first-order valence-electron chi connectivity index (χ1n) is 8.81. The molecule has 3 heterocycles. The molecule has 0 radical (unpaired) electrons. The Morgan fingerprint density at radius 2 is 2.12 bits per heavy atom. The van der Waals surface area contributed by atoms with E-state index in [9.17, 15) is 0 Å². The molecule has 3 fully saturated rings. The lowest BCUT2D eigenvalue weighted by Crippen LogP contribution is -2.52. The fourth-order valence-corrected chi connectivity index (χ4v) is 4.24. The van der Waals surface area contributed by atoms with Crippen LogP contribution in [-0.4, -0.2) is 66.5 Å². The van der Waals surface area contributed by atoms with Crippen LogP contribution in [-0.2, 0) is 0 Å². The number of aromatic nitrogens is 1. The predicted molar refractivity (Wildman–Crippen MR) is 96.2 cm³/mol. The molecular formula is C18H25N6+. The molecule has 6 nitrogen and oxygen atoms in total. The van der Waals surface area contributed by atoms with E-state index in [4.69, 9.17) is 10.8 Å². The van der Waals surface area contributed by atoms with Gasteiger partial charge in [0.1, 0.15) is 5.82 Å². The summed E-state index contributed by atoms with van der Waals surface area (Å²) in [4.78, 5) is 6.75. The minimum atomic E-state index is 0.227. The first-order chi connectivity index (χ1) is 11.7. The van der Waals surface area contributed by atoms with Crippen molar-refractivity contribution in [1.29, 1.82) is 10.8 Å². The van der Waals surface area contributed by atoms with E-state index in [1.54, 1.807) is 11.9 Å². The van der Waals surface area contributed by atoms with E-state index in [2.05, 4.69) is 19.8 Å². The molecule has 4 rings (SSSR count). The molecule has 24 heavy (non-hydrogen) atoms. The highest BCUT2D eigenvalue weighted by Crippen LogP contribution is 2.39. The van der Waals surface area contributed by atoms with Gasteiger partial charge in [0.15, 0.2) is 18.8 Å². The van der Waals surface area contributed by atoms with Gasteiger partial charge in [-0.15, -0.1) is 0 Å². The molecule has 0 bridgehead atoms. The van der Waals surface area contributed by atoms with E-state index in [-0.39, 0.29) is 5.71 Å². The molecule has 1 saturated carbocycles. The highest BCUT2D eigenvalue weighted by molar-refractivity contribution is 6.37. The second-order valence-corrected chi connectivity index (χ2v) is 7.25. The molecule has 3 aliphatic rings. The zero-order valence-corrected chi connectivity index (χ0v) is 14.0. The van der Waals surface area contributed by atoms with Crippen LogP contribution in [0.15, 0.2) is 18.3 Å². The van der Waals surface area contributed by atoms with Crippen LogP contribution < -0.4 is 10.2 Å². The number of rotatable bonds is 3. The minimum Gasteiger partial charge on any atom is -0.343 e. The Morgan fingerprint density at radius 3 is 2.75 bits per heavy atom. The van der Waals surface area contributed by atoms with Crippen LogP contribution in [0.3, 0.4) is 0 Å². The molecule has 0 unspecified atom stereocenters. The molecule has 0 aromatic carbocycles. The first kappa shape index (κ1) is 15.4. The maximum absolute atomic E-state index is 7.95. The van der Waals surface area contributed by atoms with Crippen LogP contribution in [0.5, 0.6) is 0 Å². The van der Waals surface area contributed by atoms with Gasteiger partial charge in [-0.1, -0.05) is 0 Å². The second kappa shape index (κ2) is 6.09. The Bertz CT molecular complexity index is 693. The van der Waals surface area contributed by atoms with E-state index in [0.717, 1.165) is 43.8 Å². The normalized spacial score (nSPS) is 22.6. The second-order valence-electron chi connectivity index (χ2n) is 7.25. The summed E-state index contributed by atoms with van der Waals surface area (Å²) in [5.41, 5.74) is 3.20. The Kier molecular flexibility index (Phi) is 3.92. The predicted octanol–water partition coefficient (Wildman–Crippen LogP) is 1.15. The number of hydrogen-bond donors (Lipinski definition) is 3. The fourth-order valence-electron chi connectivity index (χ4n) is 4.24. The van der Waals surface area contributed by atoms with Crippen molar-refractivity contribution >= 4 is 23.5 Å².